The van der Waals surface area contributed by atoms with Crippen molar-refractivity contribution < 1.29 is 18.1 Å². The number of hydrogen-bond donors (Lipinski definition) is 0. The highest BCUT2D eigenvalue weighted by molar-refractivity contribution is 7.89. The summed E-state index contributed by atoms with van der Waals surface area (Å²) in [6, 6.07) is 5.60. The minimum absolute atomic E-state index is 0.00593. The number of non-ortho nitro benzene ring substituents is 1. The van der Waals surface area contributed by atoms with E-state index >= 15 is 0 Å². The zero-order valence-electron chi connectivity index (χ0n) is 13.4. The van der Waals surface area contributed by atoms with Crippen molar-refractivity contribution in [1.29, 1.82) is 0 Å². The Balaban J connectivity index is 1.83. The summed E-state index contributed by atoms with van der Waals surface area (Å²) in [6.07, 6.45) is 3.36. The molecule has 4 rings (SSSR count). The van der Waals surface area contributed by atoms with Crippen LogP contribution in [-0.2, 0) is 14.8 Å². The summed E-state index contributed by atoms with van der Waals surface area (Å²) in [5, 5.41) is 11.4. The molecular weight excluding hydrogens is 346 g/mol. The molecule has 2 aliphatic rings. The largest absolute Gasteiger partial charge is 0.379 e. The highest BCUT2D eigenvalue weighted by atomic mass is 32.2. The van der Waals surface area contributed by atoms with E-state index < -0.39 is 14.9 Å². The Kier molecular flexibility index (Phi) is 3.75. The fourth-order valence-electron chi connectivity index (χ4n) is 3.28. The zero-order valence-corrected chi connectivity index (χ0v) is 14.2. The standard InChI is InChI=1S/C16H17N3O5S/c20-19(21)13-3-4-14(15-12(13)2-1-7-17-15)25(22,23)18-8-9-24-11-16(10-18)5-6-16/h1-4,7H,5-6,8-11H2. The summed E-state index contributed by atoms with van der Waals surface area (Å²) >= 11 is 0. The third-order valence-electron chi connectivity index (χ3n) is 4.89. The van der Waals surface area contributed by atoms with Gasteiger partial charge in [-0.3, -0.25) is 15.1 Å². The van der Waals surface area contributed by atoms with Crippen molar-refractivity contribution in [1.82, 2.24) is 9.29 Å². The zero-order chi connectivity index (χ0) is 17.7. The lowest BCUT2D eigenvalue weighted by Gasteiger charge is -2.23. The molecule has 9 heteroatoms. The van der Waals surface area contributed by atoms with Crippen LogP contribution in [0.25, 0.3) is 10.9 Å². The number of nitro benzene ring substituents is 1. The molecule has 1 spiro atoms. The van der Waals surface area contributed by atoms with Gasteiger partial charge in [-0.15, -0.1) is 0 Å². The molecule has 0 bridgehead atoms. The topological polar surface area (TPSA) is 103 Å². The van der Waals surface area contributed by atoms with Crippen LogP contribution < -0.4 is 0 Å². The van der Waals surface area contributed by atoms with Gasteiger partial charge >= 0.3 is 0 Å². The lowest BCUT2D eigenvalue weighted by atomic mass is 10.1. The van der Waals surface area contributed by atoms with Gasteiger partial charge in [0.15, 0.2) is 0 Å². The number of fused-ring (bicyclic) bond motifs is 1. The number of ether oxygens (including phenoxy) is 1. The van der Waals surface area contributed by atoms with E-state index in [-0.39, 0.29) is 33.4 Å². The predicted octanol–water partition coefficient (Wildman–Crippen LogP) is 1.94. The fraction of sp³-hybridized carbons (Fsp3) is 0.438. The number of sulfonamides is 1. The smallest absolute Gasteiger partial charge is 0.278 e. The van der Waals surface area contributed by atoms with Crippen LogP contribution in [0.2, 0.25) is 0 Å². The van der Waals surface area contributed by atoms with Crippen molar-refractivity contribution in [2.75, 3.05) is 26.3 Å². The lowest BCUT2D eigenvalue weighted by molar-refractivity contribution is -0.383. The van der Waals surface area contributed by atoms with Gasteiger partial charge in [0.2, 0.25) is 10.0 Å². The fourth-order valence-corrected chi connectivity index (χ4v) is 4.96. The first kappa shape index (κ1) is 16.4. The number of nitro groups is 1. The Labute approximate surface area is 144 Å². The molecule has 0 radical (unpaired) electrons. The van der Waals surface area contributed by atoms with Crippen molar-refractivity contribution in [3.63, 3.8) is 0 Å². The SMILES string of the molecule is O=[N+]([O-])c1ccc(S(=O)(=O)N2CCOCC3(CC3)C2)c2ncccc12. The first-order valence-electron chi connectivity index (χ1n) is 8.03. The van der Waals surface area contributed by atoms with Crippen molar-refractivity contribution >= 4 is 26.6 Å². The number of aromatic nitrogens is 1. The molecule has 1 aromatic carbocycles. The number of benzene rings is 1. The van der Waals surface area contributed by atoms with Gasteiger partial charge in [-0.2, -0.15) is 4.31 Å². The summed E-state index contributed by atoms with van der Waals surface area (Å²) in [5.74, 6) is 0. The maximum atomic E-state index is 13.2. The number of nitrogens with zero attached hydrogens (tertiary/aromatic N) is 3. The summed E-state index contributed by atoms with van der Waals surface area (Å²) in [7, 11) is -3.82. The molecule has 0 N–H and O–H groups in total. The molecule has 0 atom stereocenters. The number of rotatable bonds is 3. The van der Waals surface area contributed by atoms with Crippen LogP contribution in [0.4, 0.5) is 5.69 Å². The maximum Gasteiger partial charge on any atom is 0.278 e. The van der Waals surface area contributed by atoms with E-state index in [1.54, 1.807) is 6.07 Å². The molecule has 2 fully saturated rings. The van der Waals surface area contributed by atoms with E-state index in [0.29, 0.717) is 19.8 Å². The second-order valence-electron chi connectivity index (χ2n) is 6.63. The van der Waals surface area contributed by atoms with Crippen LogP contribution >= 0.6 is 0 Å². The van der Waals surface area contributed by atoms with Crippen molar-refractivity contribution in [2.45, 2.75) is 17.7 Å². The van der Waals surface area contributed by atoms with E-state index in [9.17, 15) is 18.5 Å². The van der Waals surface area contributed by atoms with E-state index in [1.165, 1.54) is 28.7 Å². The van der Waals surface area contributed by atoms with E-state index in [0.717, 1.165) is 12.8 Å². The molecule has 1 aliphatic heterocycles. The van der Waals surface area contributed by atoms with E-state index in [1.807, 2.05) is 0 Å². The van der Waals surface area contributed by atoms with Gasteiger partial charge in [0.05, 0.1) is 29.0 Å². The lowest BCUT2D eigenvalue weighted by Crippen LogP contribution is -2.36. The normalized spacial score (nSPS) is 20.5. The third-order valence-corrected chi connectivity index (χ3v) is 6.76. The second-order valence-corrected chi connectivity index (χ2v) is 8.54. The van der Waals surface area contributed by atoms with Crippen LogP contribution in [0.3, 0.4) is 0 Å². The first-order chi connectivity index (χ1) is 11.9. The molecule has 1 saturated carbocycles. The average molecular weight is 363 g/mol. The summed E-state index contributed by atoms with van der Waals surface area (Å²) in [6.45, 7) is 1.62. The highest BCUT2D eigenvalue weighted by Gasteiger charge is 2.48. The summed E-state index contributed by atoms with van der Waals surface area (Å²) < 4.78 is 33.4. The van der Waals surface area contributed by atoms with Crippen LogP contribution in [0.5, 0.6) is 0 Å². The molecule has 2 aromatic rings. The molecule has 132 valence electrons. The van der Waals surface area contributed by atoms with Gasteiger partial charge in [0.1, 0.15) is 4.90 Å². The maximum absolute atomic E-state index is 13.2. The highest BCUT2D eigenvalue weighted by Crippen LogP contribution is 2.48. The van der Waals surface area contributed by atoms with Crippen LogP contribution in [-0.4, -0.2) is 48.9 Å². The molecule has 2 heterocycles. The molecule has 0 amide bonds. The van der Waals surface area contributed by atoms with E-state index in [4.69, 9.17) is 4.74 Å². The van der Waals surface area contributed by atoms with Crippen molar-refractivity contribution in [2.24, 2.45) is 5.41 Å². The Morgan fingerprint density at radius 3 is 2.80 bits per heavy atom. The third kappa shape index (κ3) is 2.78. The second kappa shape index (κ2) is 5.72. The van der Waals surface area contributed by atoms with Crippen molar-refractivity contribution in [3.05, 3.63) is 40.6 Å². The Bertz CT molecular complexity index is 955. The van der Waals surface area contributed by atoms with Gasteiger partial charge in [0, 0.05) is 30.8 Å². The van der Waals surface area contributed by atoms with E-state index in [2.05, 4.69) is 4.98 Å². The number of pyridine rings is 1. The molecule has 0 unspecified atom stereocenters. The molecule has 25 heavy (non-hydrogen) atoms. The first-order valence-corrected chi connectivity index (χ1v) is 9.47. The Morgan fingerprint density at radius 1 is 1.28 bits per heavy atom. The van der Waals surface area contributed by atoms with Gasteiger partial charge < -0.3 is 4.74 Å². The number of hydrogen-bond acceptors (Lipinski definition) is 6. The Morgan fingerprint density at radius 2 is 2.08 bits per heavy atom. The quantitative estimate of drug-likeness (QED) is 0.610. The predicted molar refractivity (Wildman–Crippen MR) is 89.6 cm³/mol. The molecule has 1 aromatic heterocycles. The minimum atomic E-state index is -3.82. The molecule has 8 nitrogen and oxygen atoms in total. The van der Waals surface area contributed by atoms with Crippen LogP contribution in [0.15, 0.2) is 35.4 Å². The molecular formula is C16H17N3O5S. The van der Waals surface area contributed by atoms with Crippen LogP contribution in [0, 0.1) is 15.5 Å². The van der Waals surface area contributed by atoms with Gasteiger partial charge in [-0.05, 0) is 31.0 Å². The monoisotopic (exact) mass is 363 g/mol. The minimum Gasteiger partial charge on any atom is -0.379 e. The summed E-state index contributed by atoms with van der Waals surface area (Å²) in [4.78, 5) is 14.8. The average Bonchev–Trinajstić information content (AvgIpc) is 3.39. The Hall–Kier alpha value is -2.10. The molecule has 1 saturated heterocycles. The van der Waals surface area contributed by atoms with Gasteiger partial charge in [-0.1, -0.05) is 0 Å². The van der Waals surface area contributed by atoms with Gasteiger partial charge in [0.25, 0.3) is 5.69 Å². The summed E-state index contributed by atoms with van der Waals surface area (Å²) in [5.41, 5.74) is -0.0975. The van der Waals surface area contributed by atoms with Crippen LogP contribution in [0.1, 0.15) is 12.8 Å². The van der Waals surface area contributed by atoms with Crippen molar-refractivity contribution in [3.8, 4) is 0 Å². The van der Waals surface area contributed by atoms with Gasteiger partial charge in [-0.25, -0.2) is 8.42 Å². The molecule has 1 aliphatic carbocycles.